The van der Waals surface area contributed by atoms with Crippen molar-refractivity contribution in [2.75, 3.05) is 0 Å². The van der Waals surface area contributed by atoms with Gasteiger partial charge in [0.1, 0.15) is 6.33 Å². The molecule has 0 bridgehead atoms. The fourth-order valence-corrected chi connectivity index (χ4v) is 0.911. The summed E-state index contributed by atoms with van der Waals surface area (Å²) in [6.07, 6.45) is 4.24. The first kappa shape index (κ1) is 11.0. The fraction of sp³-hybridized carbons (Fsp3) is 0.222. The second-order valence-electron chi connectivity index (χ2n) is 2.97. The van der Waals surface area contributed by atoms with Gasteiger partial charge in [-0.2, -0.15) is 0 Å². The van der Waals surface area contributed by atoms with E-state index in [1.165, 1.54) is 23.3 Å². The van der Waals surface area contributed by atoms with Gasteiger partial charge >= 0.3 is 12.0 Å². The number of carbonyl (C=O) groups is 2. The number of rotatable bonds is 3. The van der Waals surface area contributed by atoms with Crippen LogP contribution in [0.3, 0.4) is 0 Å². The van der Waals surface area contributed by atoms with Crippen molar-refractivity contribution >= 4 is 12.0 Å². The third-order valence-electron chi connectivity index (χ3n) is 1.88. The smallest absolute Gasteiger partial charge is 0.333 e. The molecule has 2 N–H and O–H groups in total. The van der Waals surface area contributed by atoms with Crippen LogP contribution in [0.4, 0.5) is 4.79 Å². The van der Waals surface area contributed by atoms with Crippen LogP contribution >= 0.6 is 0 Å². The molecule has 1 aromatic rings. The van der Waals surface area contributed by atoms with E-state index >= 15 is 0 Å². The zero-order chi connectivity index (χ0) is 11.4. The van der Waals surface area contributed by atoms with Crippen LogP contribution in [-0.2, 0) is 4.79 Å². The summed E-state index contributed by atoms with van der Waals surface area (Å²) < 4.78 is 1.21. The molecule has 80 valence electrons. The maximum atomic E-state index is 11.4. The molecule has 1 amide bonds. The van der Waals surface area contributed by atoms with Crippen molar-refractivity contribution in [2.24, 2.45) is 0 Å². The molecular formula is C9H11N3O3. The van der Waals surface area contributed by atoms with Crippen LogP contribution < -0.4 is 5.32 Å². The number of imidazole rings is 1. The Morgan fingerprint density at radius 3 is 2.73 bits per heavy atom. The molecule has 1 rings (SSSR count). The van der Waals surface area contributed by atoms with Crippen LogP contribution in [0.2, 0.25) is 0 Å². The Hall–Kier alpha value is -2.11. The van der Waals surface area contributed by atoms with Gasteiger partial charge in [-0.25, -0.2) is 14.6 Å². The van der Waals surface area contributed by atoms with E-state index in [4.69, 9.17) is 5.11 Å². The number of hydrogen-bond donors (Lipinski definition) is 2. The molecular weight excluding hydrogens is 198 g/mol. The Labute approximate surface area is 86.2 Å². The fourth-order valence-electron chi connectivity index (χ4n) is 0.911. The molecule has 0 fully saturated rings. The quantitative estimate of drug-likeness (QED) is 0.709. The van der Waals surface area contributed by atoms with Crippen molar-refractivity contribution in [1.29, 1.82) is 0 Å². The Kier molecular flexibility index (Phi) is 3.22. The summed E-state index contributed by atoms with van der Waals surface area (Å²) in [6.45, 7) is 4.90. The van der Waals surface area contributed by atoms with Gasteiger partial charge in [0.05, 0.1) is 11.6 Å². The van der Waals surface area contributed by atoms with Crippen molar-refractivity contribution < 1.29 is 14.7 Å². The Bertz CT molecular complexity index is 383. The third kappa shape index (κ3) is 2.67. The number of carboxylic acid groups (broad SMARTS) is 1. The summed E-state index contributed by atoms with van der Waals surface area (Å²) in [6, 6.07) is -1.07. The number of nitrogens with one attached hydrogen (secondary N) is 1. The molecule has 0 aliphatic carbocycles. The van der Waals surface area contributed by atoms with Crippen molar-refractivity contribution in [3.63, 3.8) is 0 Å². The molecule has 1 atom stereocenters. The second-order valence-corrected chi connectivity index (χ2v) is 2.97. The standard InChI is InChI=1S/C9H11N3O3/c1-6(8(13)14)7(2)11-9(15)12-4-3-10-5-12/h3-5,7H,1H2,2H3,(H,11,15)(H,13,14). The van der Waals surface area contributed by atoms with E-state index < -0.39 is 18.0 Å². The molecule has 0 radical (unpaired) electrons. The van der Waals surface area contributed by atoms with Gasteiger partial charge in [-0.15, -0.1) is 0 Å². The maximum absolute atomic E-state index is 11.4. The normalized spacial score (nSPS) is 11.8. The summed E-state index contributed by atoms with van der Waals surface area (Å²) in [5.41, 5.74) is -0.0662. The van der Waals surface area contributed by atoms with Crippen LogP contribution in [0, 0.1) is 0 Å². The molecule has 1 aromatic heterocycles. The Balaban J connectivity index is 2.60. The summed E-state index contributed by atoms with van der Waals surface area (Å²) in [5, 5.41) is 11.1. The first-order valence-corrected chi connectivity index (χ1v) is 4.23. The predicted molar refractivity (Wildman–Crippen MR) is 52.4 cm³/mol. The lowest BCUT2D eigenvalue weighted by molar-refractivity contribution is -0.132. The maximum Gasteiger partial charge on any atom is 0.333 e. The second kappa shape index (κ2) is 4.41. The zero-order valence-electron chi connectivity index (χ0n) is 8.17. The average Bonchev–Trinajstić information content (AvgIpc) is 2.68. The molecule has 0 saturated heterocycles. The lowest BCUT2D eigenvalue weighted by Crippen LogP contribution is -2.38. The molecule has 0 aliphatic rings. The number of carbonyl (C=O) groups excluding carboxylic acids is 1. The number of hydrogen-bond acceptors (Lipinski definition) is 3. The van der Waals surface area contributed by atoms with Gasteiger partial charge in [0.25, 0.3) is 0 Å². The minimum absolute atomic E-state index is 0.0662. The van der Waals surface area contributed by atoms with Crippen molar-refractivity contribution in [2.45, 2.75) is 13.0 Å². The van der Waals surface area contributed by atoms with E-state index in [9.17, 15) is 9.59 Å². The molecule has 6 nitrogen and oxygen atoms in total. The summed E-state index contributed by atoms with van der Waals surface area (Å²) in [4.78, 5) is 25.7. The molecule has 1 unspecified atom stereocenters. The third-order valence-corrected chi connectivity index (χ3v) is 1.88. The van der Waals surface area contributed by atoms with E-state index in [0.717, 1.165) is 0 Å². The molecule has 1 heterocycles. The molecule has 0 aromatic carbocycles. The highest BCUT2D eigenvalue weighted by Crippen LogP contribution is 1.99. The molecule has 6 heteroatoms. The highest BCUT2D eigenvalue weighted by Gasteiger charge is 2.16. The summed E-state index contributed by atoms with van der Waals surface area (Å²) >= 11 is 0. The lowest BCUT2D eigenvalue weighted by Gasteiger charge is -2.13. The number of amides is 1. The van der Waals surface area contributed by atoms with E-state index in [0.29, 0.717) is 0 Å². The van der Waals surface area contributed by atoms with Crippen molar-refractivity contribution in [1.82, 2.24) is 14.9 Å². The van der Waals surface area contributed by atoms with Gasteiger partial charge in [0.2, 0.25) is 0 Å². The molecule has 15 heavy (non-hydrogen) atoms. The first-order chi connectivity index (χ1) is 7.02. The van der Waals surface area contributed by atoms with Crippen LogP contribution in [0.25, 0.3) is 0 Å². The van der Waals surface area contributed by atoms with Crippen LogP contribution in [0.5, 0.6) is 0 Å². The van der Waals surface area contributed by atoms with Crippen molar-refractivity contribution in [3.8, 4) is 0 Å². The summed E-state index contributed by atoms with van der Waals surface area (Å²) in [7, 11) is 0. The average molecular weight is 209 g/mol. The number of aromatic nitrogens is 2. The monoisotopic (exact) mass is 209 g/mol. The highest BCUT2D eigenvalue weighted by atomic mass is 16.4. The minimum atomic E-state index is -1.13. The largest absolute Gasteiger partial charge is 0.478 e. The van der Waals surface area contributed by atoms with Gasteiger partial charge in [0, 0.05) is 12.4 Å². The molecule has 0 aliphatic heterocycles. The van der Waals surface area contributed by atoms with Gasteiger partial charge in [-0.3, -0.25) is 4.57 Å². The lowest BCUT2D eigenvalue weighted by atomic mass is 10.1. The molecule has 0 spiro atoms. The SMILES string of the molecule is C=C(C(=O)O)C(C)NC(=O)n1ccnc1. The topological polar surface area (TPSA) is 84.2 Å². The Morgan fingerprint density at radius 1 is 1.60 bits per heavy atom. The van der Waals surface area contributed by atoms with E-state index in [1.54, 1.807) is 6.92 Å². The number of aliphatic carboxylic acids is 1. The van der Waals surface area contributed by atoms with Gasteiger partial charge < -0.3 is 10.4 Å². The van der Waals surface area contributed by atoms with Gasteiger partial charge in [-0.05, 0) is 6.92 Å². The van der Waals surface area contributed by atoms with E-state index in [1.807, 2.05) is 0 Å². The first-order valence-electron chi connectivity index (χ1n) is 4.23. The van der Waals surface area contributed by atoms with Crippen LogP contribution in [0.15, 0.2) is 30.9 Å². The van der Waals surface area contributed by atoms with E-state index in [-0.39, 0.29) is 5.57 Å². The van der Waals surface area contributed by atoms with E-state index in [2.05, 4.69) is 16.9 Å². The minimum Gasteiger partial charge on any atom is -0.478 e. The van der Waals surface area contributed by atoms with Crippen LogP contribution in [-0.4, -0.2) is 32.7 Å². The molecule has 0 saturated carbocycles. The zero-order valence-corrected chi connectivity index (χ0v) is 8.17. The number of nitrogens with zero attached hydrogens (tertiary/aromatic N) is 2. The predicted octanol–water partition coefficient (Wildman–Crippen LogP) is 0.470. The Morgan fingerprint density at radius 2 is 2.27 bits per heavy atom. The highest BCUT2D eigenvalue weighted by molar-refractivity contribution is 5.88. The number of carboxylic acids is 1. The van der Waals surface area contributed by atoms with Gasteiger partial charge in [0.15, 0.2) is 0 Å². The van der Waals surface area contributed by atoms with Crippen LogP contribution in [0.1, 0.15) is 6.92 Å². The summed E-state index contributed by atoms with van der Waals surface area (Å²) in [5.74, 6) is -1.13. The van der Waals surface area contributed by atoms with Crippen molar-refractivity contribution in [3.05, 3.63) is 30.9 Å². The van der Waals surface area contributed by atoms with Gasteiger partial charge in [-0.1, -0.05) is 6.58 Å².